The molecule has 0 bridgehead atoms. The monoisotopic (exact) mass is 457 g/mol. The molecule has 1 heterocycles. The van der Waals surface area contributed by atoms with Crippen LogP contribution in [-0.4, -0.2) is 54.1 Å². The second kappa shape index (κ2) is 10.9. The van der Waals surface area contributed by atoms with Gasteiger partial charge in [-0.1, -0.05) is 23.9 Å². The van der Waals surface area contributed by atoms with Gasteiger partial charge in [-0.25, -0.2) is 10.1 Å². The van der Waals surface area contributed by atoms with Crippen LogP contribution in [0.2, 0.25) is 0 Å². The first-order valence-corrected chi connectivity index (χ1v) is 10.3. The molecule has 1 amide bonds. The van der Waals surface area contributed by atoms with Crippen LogP contribution in [0.4, 0.5) is 11.6 Å². The molecule has 0 radical (unpaired) electrons. The lowest BCUT2D eigenvalue weighted by Crippen LogP contribution is -2.17. The number of methoxy groups -OCH3 is 3. The van der Waals surface area contributed by atoms with Crippen LogP contribution < -0.4 is 30.8 Å². The predicted octanol–water partition coefficient (Wildman–Crippen LogP) is 2.19. The van der Waals surface area contributed by atoms with E-state index in [2.05, 4.69) is 26.0 Å². The standard InChI is InChI=1S/C20H23N7O4S/c1-29-14-6-4-5-13(9-14)11-22-24-19-25-26-20(27(19)21)32-12-18(28)23-16-10-15(30-2)7-8-17(16)31-3/h4-11H,12,21H2,1-3H3,(H,23,28)(H,24,25)/b22-11+. The summed E-state index contributed by atoms with van der Waals surface area (Å²) in [5.41, 5.74) is 4.06. The van der Waals surface area contributed by atoms with Crippen LogP contribution in [0, 0.1) is 0 Å². The lowest BCUT2D eigenvalue weighted by atomic mass is 10.2. The van der Waals surface area contributed by atoms with E-state index in [0.717, 1.165) is 23.1 Å². The Morgan fingerprint density at radius 1 is 1.12 bits per heavy atom. The Kier molecular flexibility index (Phi) is 7.75. The minimum absolute atomic E-state index is 0.0583. The van der Waals surface area contributed by atoms with Gasteiger partial charge in [-0.15, -0.1) is 10.2 Å². The summed E-state index contributed by atoms with van der Waals surface area (Å²) in [6.45, 7) is 0. The number of benzene rings is 2. The van der Waals surface area contributed by atoms with Gasteiger partial charge in [0.25, 0.3) is 5.95 Å². The first-order valence-electron chi connectivity index (χ1n) is 9.32. The van der Waals surface area contributed by atoms with Crippen molar-refractivity contribution >= 4 is 35.5 Å². The number of aromatic nitrogens is 3. The average Bonchev–Trinajstić information content (AvgIpc) is 3.17. The van der Waals surface area contributed by atoms with Crippen molar-refractivity contribution in [1.82, 2.24) is 14.9 Å². The van der Waals surface area contributed by atoms with Gasteiger partial charge in [0.05, 0.1) is 39.0 Å². The number of hydrazone groups is 1. The van der Waals surface area contributed by atoms with E-state index in [1.165, 1.54) is 11.8 Å². The van der Waals surface area contributed by atoms with Crippen LogP contribution >= 0.6 is 11.8 Å². The number of hydrogen-bond acceptors (Lipinski definition) is 10. The normalized spacial score (nSPS) is 10.7. The highest BCUT2D eigenvalue weighted by atomic mass is 32.2. The highest BCUT2D eigenvalue weighted by Gasteiger charge is 2.14. The van der Waals surface area contributed by atoms with Gasteiger partial charge in [0.1, 0.15) is 17.2 Å². The third-order valence-corrected chi connectivity index (χ3v) is 5.09. The van der Waals surface area contributed by atoms with E-state index in [4.69, 9.17) is 20.1 Å². The molecule has 12 heteroatoms. The molecule has 0 aliphatic carbocycles. The maximum atomic E-state index is 12.4. The molecule has 0 atom stereocenters. The summed E-state index contributed by atoms with van der Waals surface area (Å²) in [4.78, 5) is 12.4. The summed E-state index contributed by atoms with van der Waals surface area (Å²) in [7, 11) is 4.66. The van der Waals surface area contributed by atoms with Gasteiger partial charge in [0, 0.05) is 6.07 Å². The van der Waals surface area contributed by atoms with Crippen LogP contribution in [0.3, 0.4) is 0 Å². The number of carbonyl (C=O) groups excluding carboxylic acids is 1. The SMILES string of the molecule is COc1cccc(/C=N/Nc2nnc(SCC(=O)Nc3cc(OC)ccc3OC)n2N)c1. The number of nitrogens with zero attached hydrogens (tertiary/aromatic N) is 4. The van der Waals surface area contributed by atoms with Gasteiger partial charge < -0.3 is 25.4 Å². The fourth-order valence-corrected chi connectivity index (χ4v) is 3.22. The highest BCUT2D eigenvalue weighted by molar-refractivity contribution is 7.99. The second-order valence-electron chi connectivity index (χ2n) is 6.23. The molecule has 3 aromatic rings. The fraction of sp³-hybridized carbons (Fsp3) is 0.200. The number of amides is 1. The van der Waals surface area contributed by atoms with Crippen LogP contribution in [0.15, 0.2) is 52.7 Å². The summed E-state index contributed by atoms with van der Waals surface area (Å²) < 4.78 is 16.8. The molecule has 0 saturated carbocycles. The number of carbonyl (C=O) groups is 1. The van der Waals surface area contributed by atoms with E-state index in [1.807, 2.05) is 24.3 Å². The van der Waals surface area contributed by atoms with Crippen molar-refractivity contribution in [3.05, 3.63) is 48.0 Å². The Labute approximate surface area is 188 Å². The summed E-state index contributed by atoms with van der Waals surface area (Å²) in [6, 6.07) is 12.5. The van der Waals surface area contributed by atoms with Crippen LogP contribution in [0.5, 0.6) is 17.2 Å². The number of ether oxygens (including phenoxy) is 3. The van der Waals surface area contributed by atoms with Crippen molar-refractivity contribution in [2.45, 2.75) is 5.16 Å². The minimum Gasteiger partial charge on any atom is -0.497 e. The van der Waals surface area contributed by atoms with E-state index < -0.39 is 0 Å². The minimum atomic E-state index is -0.268. The Morgan fingerprint density at radius 2 is 1.91 bits per heavy atom. The molecule has 0 aliphatic heterocycles. The van der Waals surface area contributed by atoms with Gasteiger partial charge in [0.15, 0.2) is 0 Å². The number of hydrogen-bond donors (Lipinski definition) is 3. The lowest BCUT2D eigenvalue weighted by Gasteiger charge is -2.11. The number of nitrogen functional groups attached to an aromatic ring is 1. The van der Waals surface area contributed by atoms with Crippen LogP contribution in [0.25, 0.3) is 0 Å². The van der Waals surface area contributed by atoms with Crippen LogP contribution in [-0.2, 0) is 4.79 Å². The van der Waals surface area contributed by atoms with E-state index in [9.17, 15) is 4.79 Å². The first kappa shape index (κ1) is 22.7. The molecule has 2 aromatic carbocycles. The summed E-state index contributed by atoms with van der Waals surface area (Å²) in [5, 5.41) is 15.1. The molecule has 168 valence electrons. The van der Waals surface area contributed by atoms with E-state index in [1.54, 1.807) is 38.6 Å². The van der Waals surface area contributed by atoms with Crippen molar-refractivity contribution in [3.8, 4) is 17.2 Å². The van der Waals surface area contributed by atoms with E-state index in [-0.39, 0.29) is 17.6 Å². The van der Waals surface area contributed by atoms with Gasteiger partial charge in [0.2, 0.25) is 11.1 Å². The maximum Gasteiger partial charge on any atom is 0.264 e. The van der Waals surface area contributed by atoms with Crippen molar-refractivity contribution in [3.63, 3.8) is 0 Å². The van der Waals surface area contributed by atoms with Gasteiger partial charge in [-0.3, -0.25) is 4.79 Å². The topological polar surface area (TPSA) is 138 Å². The molecule has 3 rings (SSSR count). The Hall–Kier alpha value is -3.93. The van der Waals surface area contributed by atoms with Crippen molar-refractivity contribution in [2.75, 3.05) is 43.7 Å². The molecule has 0 aliphatic rings. The third kappa shape index (κ3) is 5.82. The quantitative estimate of drug-likeness (QED) is 0.181. The molecule has 1 aromatic heterocycles. The van der Waals surface area contributed by atoms with Gasteiger partial charge in [-0.2, -0.15) is 5.10 Å². The van der Waals surface area contributed by atoms with Crippen LogP contribution in [0.1, 0.15) is 5.56 Å². The van der Waals surface area contributed by atoms with Gasteiger partial charge in [-0.05, 0) is 29.8 Å². The van der Waals surface area contributed by atoms with Gasteiger partial charge >= 0.3 is 0 Å². The molecule has 0 fully saturated rings. The van der Waals surface area contributed by atoms with E-state index >= 15 is 0 Å². The summed E-state index contributed by atoms with van der Waals surface area (Å²) >= 11 is 1.13. The summed E-state index contributed by atoms with van der Waals surface area (Å²) in [6.07, 6.45) is 1.60. The number of nitrogens with two attached hydrogens (primary N) is 1. The molecule has 0 spiro atoms. The molecule has 0 unspecified atom stereocenters. The zero-order chi connectivity index (χ0) is 22.9. The van der Waals surface area contributed by atoms with E-state index in [0.29, 0.717) is 22.3 Å². The van der Waals surface area contributed by atoms with Crippen molar-refractivity contribution < 1.29 is 19.0 Å². The zero-order valence-corrected chi connectivity index (χ0v) is 18.5. The van der Waals surface area contributed by atoms with Crippen molar-refractivity contribution in [1.29, 1.82) is 0 Å². The molecule has 32 heavy (non-hydrogen) atoms. The largest absolute Gasteiger partial charge is 0.497 e. The molecule has 4 N–H and O–H groups in total. The molecular formula is C20H23N7O4S. The first-order chi connectivity index (χ1) is 15.5. The number of anilines is 2. The molecule has 11 nitrogen and oxygen atoms in total. The maximum absolute atomic E-state index is 12.4. The predicted molar refractivity (Wildman–Crippen MR) is 123 cm³/mol. The molecular weight excluding hydrogens is 434 g/mol. The summed E-state index contributed by atoms with van der Waals surface area (Å²) in [5.74, 6) is 7.85. The average molecular weight is 458 g/mol. The Bertz CT molecular complexity index is 1100. The smallest absolute Gasteiger partial charge is 0.264 e. The number of nitrogens with one attached hydrogen (secondary N) is 2. The fourth-order valence-electron chi connectivity index (χ4n) is 2.57. The number of rotatable bonds is 10. The Morgan fingerprint density at radius 3 is 2.66 bits per heavy atom. The molecule has 0 saturated heterocycles. The van der Waals surface area contributed by atoms with Crippen molar-refractivity contribution in [2.24, 2.45) is 5.10 Å². The lowest BCUT2D eigenvalue weighted by molar-refractivity contribution is -0.113. The number of thioether (sulfide) groups is 1. The third-order valence-electron chi connectivity index (χ3n) is 4.15. The second-order valence-corrected chi connectivity index (χ2v) is 7.17. The highest BCUT2D eigenvalue weighted by Crippen LogP contribution is 2.29. The zero-order valence-electron chi connectivity index (χ0n) is 17.7. The Balaban J connectivity index is 1.56.